The molecule has 0 aliphatic carbocycles. The number of H-pyrrole nitrogens is 1. The summed E-state index contributed by atoms with van der Waals surface area (Å²) in [5.74, 6) is 1.15. The fraction of sp³-hybridized carbons (Fsp3) is 0.158. The number of aromatic amines is 1. The van der Waals surface area contributed by atoms with Gasteiger partial charge in [-0.25, -0.2) is 0 Å². The maximum atomic E-state index is 12.2. The van der Waals surface area contributed by atoms with E-state index in [1.807, 2.05) is 13.0 Å². The Labute approximate surface area is 153 Å². The third-order valence-electron chi connectivity index (χ3n) is 3.49. The Kier molecular flexibility index (Phi) is 5.38. The topological polar surface area (TPSA) is 81.5 Å². The first-order chi connectivity index (χ1) is 12.6. The summed E-state index contributed by atoms with van der Waals surface area (Å²) in [6.07, 6.45) is 4.51. The van der Waals surface area contributed by atoms with Crippen LogP contribution in [0.2, 0.25) is 0 Å². The summed E-state index contributed by atoms with van der Waals surface area (Å²) < 4.78 is 16.8. The Balaban J connectivity index is 1.98. The molecular formula is C19H17NO5S. The molecule has 134 valence electrons. The lowest BCUT2D eigenvalue weighted by Gasteiger charge is -2.09. The number of Topliss-reactive ketones (excluding diaryl/α,β-unsaturated/α-hetero) is 1. The Hall–Kier alpha value is -3.06. The standard InChI is InChI=1S/C19H17NO5S/c1-3-24-16-9-12(6-7-15(16)23-2)10-17-19(22)20-18(26-17)11-13(21)14-5-4-8-25-14/h4-11H,3H2,1-2H3,(H,20,22)/b17-10-,18-11-. The van der Waals surface area contributed by atoms with Crippen LogP contribution in [-0.2, 0) is 0 Å². The lowest BCUT2D eigenvalue weighted by molar-refractivity contribution is 0.103. The zero-order chi connectivity index (χ0) is 18.5. The first kappa shape index (κ1) is 17.8. The van der Waals surface area contributed by atoms with Crippen LogP contribution in [0, 0.1) is 0 Å². The molecule has 1 aromatic carbocycles. The van der Waals surface area contributed by atoms with E-state index in [1.165, 1.54) is 23.7 Å². The number of thiazole rings is 1. The van der Waals surface area contributed by atoms with Crippen LogP contribution in [0.5, 0.6) is 11.5 Å². The molecule has 0 aliphatic heterocycles. The third kappa shape index (κ3) is 3.94. The highest BCUT2D eigenvalue weighted by Crippen LogP contribution is 2.28. The van der Waals surface area contributed by atoms with Crippen LogP contribution in [0.1, 0.15) is 23.0 Å². The Morgan fingerprint density at radius 3 is 2.85 bits per heavy atom. The van der Waals surface area contributed by atoms with Crippen molar-refractivity contribution in [3.8, 4) is 11.5 Å². The van der Waals surface area contributed by atoms with Crippen molar-refractivity contribution in [3.05, 3.63) is 67.5 Å². The number of hydrogen-bond acceptors (Lipinski definition) is 6. The molecule has 0 amide bonds. The highest BCUT2D eigenvalue weighted by molar-refractivity contribution is 7.07. The van der Waals surface area contributed by atoms with Crippen LogP contribution in [0.25, 0.3) is 12.2 Å². The SMILES string of the molecule is CCOc1cc(/C=c2\s/c(=C\C(=O)c3ccco3)[nH]c2=O)ccc1OC. The molecule has 0 spiro atoms. The summed E-state index contributed by atoms with van der Waals surface area (Å²) in [6.45, 7) is 2.39. The van der Waals surface area contributed by atoms with Crippen molar-refractivity contribution in [1.82, 2.24) is 4.98 Å². The number of furan rings is 1. The highest BCUT2D eigenvalue weighted by atomic mass is 32.1. The lowest BCUT2D eigenvalue weighted by atomic mass is 10.2. The quantitative estimate of drug-likeness (QED) is 0.670. The number of aromatic nitrogens is 1. The average molecular weight is 371 g/mol. The molecule has 0 fully saturated rings. The maximum Gasteiger partial charge on any atom is 0.266 e. The molecule has 2 heterocycles. The Morgan fingerprint density at radius 1 is 1.31 bits per heavy atom. The molecule has 26 heavy (non-hydrogen) atoms. The molecule has 0 saturated carbocycles. The third-order valence-corrected chi connectivity index (χ3v) is 4.45. The molecular weight excluding hydrogens is 354 g/mol. The molecule has 7 heteroatoms. The van der Waals surface area contributed by atoms with E-state index < -0.39 is 0 Å². The molecule has 3 rings (SSSR count). The van der Waals surface area contributed by atoms with Crippen LogP contribution < -0.4 is 24.2 Å². The number of nitrogens with one attached hydrogen (secondary N) is 1. The summed E-state index contributed by atoms with van der Waals surface area (Å²) >= 11 is 1.20. The second kappa shape index (κ2) is 7.88. The predicted octanol–water partition coefficient (Wildman–Crippen LogP) is 1.93. The van der Waals surface area contributed by atoms with E-state index in [1.54, 1.807) is 37.5 Å². The molecule has 0 bridgehead atoms. The van der Waals surface area contributed by atoms with Gasteiger partial charge in [0.2, 0.25) is 5.78 Å². The largest absolute Gasteiger partial charge is 0.493 e. The number of benzene rings is 1. The minimum Gasteiger partial charge on any atom is -0.493 e. The van der Waals surface area contributed by atoms with Gasteiger partial charge in [0, 0.05) is 6.08 Å². The molecule has 0 aliphatic rings. The number of hydrogen-bond donors (Lipinski definition) is 1. The number of carbonyl (C=O) groups is 1. The van der Waals surface area contributed by atoms with E-state index in [4.69, 9.17) is 13.9 Å². The van der Waals surface area contributed by atoms with Gasteiger partial charge in [-0.2, -0.15) is 0 Å². The summed E-state index contributed by atoms with van der Waals surface area (Å²) in [6, 6.07) is 8.63. The molecule has 0 unspecified atom stereocenters. The number of ether oxygens (including phenoxy) is 2. The number of methoxy groups -OCH3 is 1. The van der Waals surface area contributed by atoms with Crippen molar-refractivity contribution >= 4 is 29.3 Å². The molecule has 0 radical (unpaired) electrons. The van der Waals surface area contributed by atoms with Gasteiger partial charge in [0.15, 0.2) is 17.3 Å². The van der Waals surface area contributed by atoms with Crippen molar-refractivity contribution in [3.63, 3.8) is 0 Å². The van der Waals surface area contributed by atoms with E-state index in [2.05, 4.69) is 4.98 Å². The number of rotatable bonds is 6. The van der Waals surface area contributed by atoms with Gasteiger partial charge >= 0.3 is 0 Å². The molecule has 2 aromatic heterocycles. The zero-order valence-electron chi connectivity index (χ0n) is 14.3. The van der Waals surface area contributed by atoms with Crippen LogP contribution in [0.15, 0.2) is 45.8 Å². The van der Waals surface area contributed by atoms with Crippen LogP contribution in [0.3, 0.4) is 0 Å². The fourth-order valence-electron chi connectivity index (χ4n) is 2.34. The van der Waals surface area contributed by atoms with Gasteiger partial charge in [0.05, 0.1) is 29.2 Å². The van der Waals surface area contributed by atoms with Gasteiger partial charge < -0.3 is 18.9 Å². The smallest absolute Gasteiger partial charge is 0.266 e. The summed E-state index contributed by atoms with van der Waals surface area (Å²) in [5.41, 5.74) is 0.535. The van der Waals surface area contributed by atoms with Gasteiger partial charge in [-0.15, -0.1) is 11.3 Å². The van der Waals surface area contributed by atoms with Crippen molar-refractivity contribution in [2.75, 3.05) is 13.7 Å². The van der Waals surface area contributed by atoms with E-state index in [-0.39, 0.29) is 17.1 Å². The van der Waals surface area contributed by atoms with Crippen molar-refractivity contribution in [2.45, 2.75) is 6.92 Å². The minimum atomic E-state index is -0.304. The van der Waals surface area contributed by atoms with Crippen molar-refractivity contribution in [1.29, 1.82) is 0 Å². The van der Waals surface area contributed by atoms with E-state index >= 15 is 0 Å². The van der Waals surface area contributed by atoms with Gasteiger partial charge in [-0.05, 0) is 42.8 Å². The van der Waals surface area contributed by atoms with Crippen molar-refractivity contribution in [2.24, 2.45) is 0 Å². The van der Waals surface area contributed by atoms with Gasteiger partial charge in [0.25, 0.3) is 5.56 Å². The molecule has 1 N–H and O–H groups in total. The second-order valence-corrected chi connectivity index (χ2v) is 6.34. The van der Waals surface area contributed by atoms with Crippen LogP contribution >= 0.6 is 11.3 Å². The number of carbonyl (C=O) groups excluding carboxylic acids is 1. The maximum absolute atomic E-state index is 12.2. The van der Waals surface area contributed by atoms with E-state index in [0.29, 0.717) is 27.3 Å². The Bertz CT molecular complexity index is 1080. The monoisotopic (exact) mass is 371 g/mol. The second-order valence-electron chi connectivity index (χ2n) is 5.26. The van der Waals surface area contributed by atoms with Crippen LogP contribution in [0.4, 0.5) is 0 Å². The molecule has 6 nitrogen and oxygen atoms in total. The van der Waals surface area contributed by atoms with Gasteiger partial charge in [-0.1, -0.05) is 6.07 Å². The predicted molar refractivity (Wildman–Crippen MR) is 99.4 cm³/mol. The van der Waals surface area contributed by atoms with Crippen LogP contribution in [-0.4, -0.2) is 24.5 Å². The molecule has 3 aromatic rings. The average Bonchev–Trinajstić information content (AvgIpc) is 3.26. The Morgan fingerprint density at radius 2 is 2.15 bits per heavy atom. The first-order valence-electron chi connectivity index (χ1n) is 7.92. The normalized spacial score (nSPS) is 12.4. The first-order valence-corrected chi connectivity index (χ1v) is 8.73. The molecule has 0 atom stereocenters. The highest BCUT2D eigenvalue weighted by Gasteiger charge is 2.07. The zero-order valence-corrected chi connectivity index (χ0v) is 15.1. The lowest BCUT2D eigenvalue weighted by Crippen LogP contribution is -2.20. The van der Waals surface area contributed by atoms with E-state index in [0.717, 1.165) is 5.56 Å². The summed E-state index contributed by atoms with van der Waals surface area (Å²) in [5, 5.41) is 0. The fourth-order valence-corrected chi connectivity index (χ4v) is 3.22. The van der Waals surface area contributed by atoms with Crippen molar-refractivity contribution < 1.29 is 18.7 Å². The van der Waals surface area contributed by atoms with Gasteiger partial charge in [0.1, 0.15) is 0 Å². The summed E-state index contributed by atoms with van der Waals surface area (Å²) in [7, 11) is 1.57. The van der Waals surface area contributed by atoms with Gasteiger partial charge in [-0.3, -0.25) is 9.59 Å². The molecule has 0 saturated heterocycles. The summed E-state index contributed by atoms with van der Waals surface area (Å²) in [4.78, 5) is 26.9. The number of ketones is 1. The van der Waals surface area contributed by atoms with E-state index in [9.17, 15) is 9.59 Å². The minimum absolute atomic E-state index is 0.223.